The van der Waals surface area contributed by atoms with E-state index in [0.29, 0.717) is 17.2 Å². The molecule has 1 amide bonds. The van der Waals surface area contributed by atoms with Crippen LogP contribution in [-0.2, 0) is 4.79 Å². The molecule has 0 bridgehead atoms. The van der Waals surface area contributed by atoms with Gasteiger partial charge in [-0.25, -0.2) is 0 Å². The highest BCUT2D eigenvalue weighted by atomic mass is 35.5. The molecule has 1 heterocycles. The van der Waals surface area contributed by atoms with Crippen molar-refractivity contribution < 1.29 is 4.79 Å². The number of thioether (sulfide) groups is 1. The first-order valence-electron chi connectivity index (χ1n) is 6.04. The molecule has 0 spiro atoms. The summed E-state index contributed by atoms with van der Waals surface area (Å²) >= 11 is 9.10. The minimum Gasteiger partial charge on any atom is -0.326 e. The summed E-state index contributed by atoms with van der Waals surface area (Å²) in [4.78, 5) is 11.9. The molecule has 106 valence electrons. The number of hydrogen-bond donors (Lipinski definition) is 1. The van der Waals surface area contributed by atoms with Crippen molar-refractivity contribution in [2.24, 2.45) is 0 Å². The van der Waals surface area contributed by atoms with E-state index in [2.05, 4.69) is 15.5 Å². The fourth-order valence-electron chi connectivity index (χ4n) is 1.52. The number of benzene rings is 1. The molecule has 0 fully saturated rings. The molecule has 0 aliphatic rings. The second kappa shape index (κ2) is 7.06. The Kier molecular flexibility index (Phi) is 5.39. The maximum atomic E-state index is 11.9. The van der Waals surface area contributed by atoms with Gasteiger partial charge < -0.3 is 5.32 Å². The van der Waals surface area contributed by atoms with Gasteiger partial charge in [0.15, 0.2) is 4.34 Å². The van der Waals surface area contributed by atoms with Crippen LogP contribution in [0.1, 0.15) is 17.0 Å². The molecule has 0 atom stereocenters. The zero-order valence-corrected chi connectivity index (χ0v) is 13.5. The summed E-state index contributed by atoms with van der Waals surface area (Å²) in [7, 11) is 0. The molecule has 2 rings (SSSR count). The third-order valence-corrected chi connectivity index (χ3v) is 4.99. The molecule has 20 heavy (non-hydrogen) atoms. The van der Waals surface area contributed by atoms with Crippen molar-refractivity contribution in [2.75, 3.05) is 11.1 Å². The molecular formula is C13H14ClN3OS2. The maximum Gasteiger partial charge on any atom is 0.225 e. The lowest BCUT2D eigenvalue weighted by Crippen LogP contribution is -2.13. The Hall–Kier alpha value is -1.11. The van der Waals surface area contributed by atoms with Crippen molar-refractivity contribution in [1.82, 2.24) is 10.2 Å². The summed E-state index contributed by atoms with van der Waals surface area (Å²) < 4.78 is 0.897. The van der Waals surface area contributed by atoms with Crippen LogP contribution >= 0.6 is 34.7 Å². The van der Waals surface area contributed by atoms with Gasteiger partial charge in [0.05, 0.1) is 0 Å². The number of carbonyl (C=O) groups excluding carboxylic acids is 1. The van der Waals surface area contributed by atoms with E-state index in [4.69, 9.17) is 11.6 Å². The molecule has 0 unspecified atom stereocenters. The number of amides is 1. The second-order valence-electron chi connectivity index (χ2n) is 4.15. The van der Waals surface area contributed by atoms with Crippen LogP contribution in [0.4, 0.5) is 5.69 Å². The van der Waals surface area contributed by atoms with Crippen LogP contribution in [0.2, 0.25) is 5.02 Å². The van der Waals surface area contributed by atoms with Crippen LogP contribution in [0.15, 0.2) is 22.5 Å². The van der Waals surface area contributed by atoms with E-state index in [1.54, 1.807) is 17.8 Å². The predicted octanol–water partition coefficient (Wildman–Crippen LogP) is 3.93. The van der Waals surface area contributed by atoms with Crippen molar-refractivity contribution >= 4 is 46.3 Å². The Morgan fingerprint density at radius 1 is 1.40 bits per heavy atom. The Bertz CT molecular complexity index is 615. The topological polar surface area (TPSA) is 54.9 Å². The Labute approximate surface area is 130 Å². The van der Waals surface area contributed by atoms with E-state index in [1.807, 2.05) is 26.0 Å². The normalized spacial score (nSPS) is 10.6. The summed E-state index contributed by atoms with van der Waals surface area (Å²) in [5.74, 6) is 0.657. The Morgan fingerprint density at radius 2 is 2.20 bits per heavy atom. The highest BCUT2D eigenvalue weighted by molar-refractivity contribution is 8.01. The van der Waals surface area contributed by atoms with Gasteiger partial charge in [-0.2, -0.15) is 0 Å². The van der Waals surface area contributed by atoms with Crippen molar-refractivity contribution in [3.8, 4) is 0 Å². The smallest absolute Gasteiger partial charge is 0.225 e. The van der Waals surface area contributed by atoms with Gasteiger partial charge in [-0.1, -0.05) is 40.8 Å². The number of nitrogens with zero attached hydrogens (tertiary/aromatic N) is 2. The maximum absolute atomic E-state index is 11.9. The van der Waals surface area contributed by atoms with E-state index in [0.717, 1.165) is 20.6 Å². The van der Waals surface area contributed by atoms with Gasteiger partial charge in [-0.15, -0.1) is 10.2 Å². The van der Waals surface area contributed by atoms with Gasteiger partial charge in [0.2, 0.25) is 5.91 Å². The van der Waals surface area contributed by atoms with E-state index in [-0.39, 0.29) is 5.91 Å². The van der Waals surface area contributed by atoms with Crippen LogP contribution in [0.3, 0.4) is 0 Å². The predicted molar refractivity (Wildman–Crippen MR) is 84.8 cm³/mol. The van der Waals surface area contributed by atoms with Crippen LogP contribution in [-0.4, -0.2) is 21.9 Å². The van der Waals surface area contributed by atoms with Gasteiger partial charge in [0, 0.05) is 22.9 Å². The zero-order chi connectivity index (χ0) is 14.5. The molecule has 0 saturated heterocycles. The molecule has 0 aliphatic carbocycles. The molecule has 1 aromatic carbocycles. The van der Waals surface area contributed by atoms with Gasteiger partial charge in [-0.05, 0) is 31.5 Å². The molecule has 2 aromatic rings. The Balaban J connectivity index is 1.82. The zero-order valence-electron chi connectivity index (χ0n) is 11.1. The average molecular weight is 328 g/mol. The third kappa shape index (κ3) is 4.19. The lowest BCUT2D eigenvalue weighted by Gasteiger charge is -2.08. The summed E-state index contributed by atoms with van der Waals surface area (Å²) in [6.45, 7) is 3.80. The number of hydrogen-bond acceptors (Lipinski definition) is 5. The quantitative estimate of drug-likeness (QED) is 0.845. The molecular weight excluding hydrogens is 314 g/mol. The molecule has 1 N–H and O–H groups in total. The van der Waals surface area contributed by atoms with Crippen molar-refractivity contribution in [3.63, 3.8) is 0 Å². The first-order valence-corrected chi connectivity index (χ1v) is 8.22. The van der Waals surface area contributed by atoms with Crippen LogP contribution in [0.25, 0.3) is 0 Å². The summed E-state index contributed by atoms with van der Waals surface area (Å²) in [5.41, 5.74) is 1.65. The second-order valence-corrected chi connectivity index (χ2v) is 7.08. The van der Waals surface area contributed by atoms with Crippen molar-refractivity contribution in [1.29, 1.82) is 0 Å². The summed E-state index contributed by atoms with van der Waals surface area (Å²) in [5, 5.41) is 12.4. The van der Waals surface area contributed by atoms with Gasteiger partial charge in [0.25, 0.3) is 0 Å². The molecule has 7 heteroatoms. The lowest BCUT2D eigenvalue weighted by atomic mass is 10.2. The minimum atomic E-state index is -0.0240. The fraction of sp³-hybridized carbons (Fsp3) is 0.308. The monoisotopic (exact) mass is 327 g/mol. The number of halogens is 1. The van der Waals surface area contributed by atoms with Gasteiger partial charge in [0.1, 0.15) is 5.01 Å². The lowest BCUT2D eigenvalue weighted by molar-refractivity contribution is -0.115. The summed E-state index contributed by atoms with van der Waals surface area (Å²) in [6.07, 6.45) is 0.426. The number of anilines is 1. The van der Waals surface area contributed by atoms with E-state index in [1.165, 1.54) is 11.3 Å². The molecule has 4 nitrogen and oxygen atoms in total. The van der Waals surface area contributed by atoms with Crippen molar-refractivity contribution in [3.05, 3.63) is 33.8 Å². The third-order valence-electron chi connectivity index (χ3n) is 2.60. The first kappa shape index (κ1) is 15.3. The van der Waals surface area contributed by atoms with Crippen LogP contribution in [0.5, 0.6) is 0 Å². The molecule has 0 aliphatic heterocycles. The highest BCUT2D eigenvalue weighted by Crippen LogP contribution is 2.24. The number of carbonyl (C=O) groups is 1. The van der Waals surface area contributed by atoms with Gasteiger partial charge in [-0.3, -0.25) is 4.79 Å². The van der Waals surface area contributed by atoms with Gasteiger partial charge >= 0.3 is 0 Å². The molecule has 0 saturated carbocycles. The number of rotatable bonds is 5. The fourth-order valence-corrected chi connectivity index (χ4v) is 3.52. The number of aryl methyl sites for hydroxylation is 1. The largest absolute Gasteiger partial charge is 0.326 e. The Morgan fingerprint density at radius 3 is 2.90 bits per heavy atom. The SMILES string of the molecule is Cc1nnc(SCCC(=O)Nc2cccc(Cl)c2C)s1. The van der Waals surface area contributed by atoms with E-state index < -0.39 is 0 Å². The average Bonchev–Trinajstić information content (AvgIpc) is 2.81. The van der Waals surface area contributed by atoms with Crippen molar-refractivity contribution in [2.45, 2.75) is 24.6 Å². The number of aromatic nitrogens is 2. The first-order chi connectivity index (χ1) is 9.56. The molecule has 0 radical (unpaired) electrons. The standard InChI is InChI=1S/C13H14ClN3OS2/c1-8-10(14)4-3-5-11(8)15-12(18)6-7-19-13-17-16-9(2)20-13/h3-5H,6-7H2,1-2H3,(H,15,18). The molecule has 1 aromatic heterocycles. The van der Waals surface area contributed by atoms with E-state index >= 15 is 0 Å². The highest BCUT2D eigenvalue weighted by Gasteiger charge is 2.08. The van der Waals surface area contributed by atoms with E-state index in [9.17, 15) is 4.79 Å². The van der Waals surface area contributed by atoms with Crippen LogP contribution < -0.4 is 5.32 Å². The minimum absolute atomic E-state index is 0.0240. The summed E-state index contributed by atoms with van der Waals surface area (Å²) in [6, 6.07) is 5.48. The number of nitrogens with one attached hydrogen (secondary N) is 1. The van der Waals surface area contributed by atoms with Crippen LogP contribution in [0, 0.1) is 13.8 Å².